The highest BCUT2D eigenvalue weighted by Gasteiger charge is 2.36. The smallest absolute Gasteiger partial charge is 0.172 e. The average Bonchev–Trinajstić information content (AvgIpc) is 2.82. The van der Waals surface area contributed by atoms with Gasteiger partial charge in [0.25, 0.3) is 0 Å². The van der Waals surface area contributed by atoms with Gasteiger partial charge in [0.15, 0.2) is 11.5 Å². The fourth-order valence-corrected chi connectivity index (χ4v) is 4.29. The second-order valence-corrected chi connectivity index (χ2v) is 8.64. The first-order valence-corrected chi connectivity index (χ1v) is 12.1. The number of carbonyl (C=O) groups is 1. The summed E-state index contributed by atoms with van der Waals surface area (Å²) in [4.78, 5) is 13.3. The van der Waals surface area contributed by atoms with Gasteiger partial charge >= 0.3 is 0 Å². The summed E-state index contributed by atoms with van der Waals surface area (Å²) in [6.45, 7) is 4.30. The molecule has 1 aliphatic heterocycles. The van der Waals surface area contributed by atoms with E-state index < -0.39 is 12.1 Å². The Kier molecular flexibility index (Phi) is 9.01. The van der Waals surface area contributed by atoms with Crippen LogP contribution >= 0.6 is 0 Å². The van der Waals surface area contributed by atoms with Crippen LogP contribution < -0.4 is 19.5 Å². The summed E-state index contributed by atoms with van der Waals surface area (Å²) in [6, 6.07) is 9.23. The second kappa shape index (κ2) is 11.9. The van der Waals surface area contributed by atoms with Crippen LogP contribution in [0.3, 0.4) is 0 Å². The number of rotatable bonds is 12. The molecule has 0 amide bonds. The molecule has 0 aromatic heterocycles. The van der Waals surface area contributed by atoms with E-state index in [0.717, 1.165) is 56.3 Å². The van der Waals surface area contributed by atoms with Crippen LogP contribution in [0.5, 0.6) is 23.0 Å². The number of carbonyl (C=O) groups excluding carboxylic acids is 1. The predicted molar refractivity (Wildman–Crippen MR) is 131 cm³/mol. The van der Waals surface area contributed by atoms with Crippen LogP contribution in [-0.2, 0) is 6.42 Å². The number of methoxy groups -OCH3 is 2. The maximum atomic E-state index is 13.3. The van der Waals surface area contributed by atoms with Crippen molar-refractivity contribution in [3.63, 3.8) is 0 Å². The number of Topliss-reactive ketones (excluding diaryl/α,β-unsaturated/α-hetero) is 1. The van der Waals surface area contributed by atoms with E-state index >= 15 is 0 Å². The van der Waals surface area contributed by atoms with Crippen LogP contribution in [-0.4, -0.2) is 31.3 Å². The minimum absolute atomic E-state index is 0.0750. The van der Waals surface area contributed by atoms with Crippen molar-refractivity contribution in [2.75, 3.05) is 19.5 Å². The second-order valence-electron chi connectivity index (χ2n) is 8.64. The van der Waals surface area contributed by atoms with Crippen molar-refractivity contribution in [2.24, 2.45) is 5.92 Å². The number of hydrogen-bond donors (Lipinski definition) is 2. The molecule has 2 aromatic rings. The highest BCUT2D eigenvalue weighted by molar-refractivity contribution is 6.06. The van der Waals surface area contributed by atoms with Crippen LogP contribution in [0.15, 0.2) is 30.3 Å². The van der Waals surface area contributed by atoms with E-state index in [4.69, 9.17) is 14.2 Å². The molecule has 6 nitrogen and oxygen atoms in total. The van der Waals surface area contributed by atoms with Gasteiger partial charge in [0.1, 0.15) is 23.5 Å². The van der Waals surface area contributed by atoms with Crippen molar-refractivity contribution in [1.29, 1.82) is 0 Å². The molecular weight excluding hydrogens is 418 g/mol. The Bertz CT molecular complexity index is 942. The molecule has 1 heterocycles. The molecule has 180 valence electrons. The van der Waals surface area contributed by atoms with Gasteiger partial charge in [0.05, 0.1) is 25.8 Å². The van der Waals surface area contributed by atoms with Crippen molar-refractivity contribution in [2.45, 2.75) is 71.4 Å². The normalized spacial score (nSPS) is 17.3. The van der Waals surface area contributed by atoms with E-state index in [0.29, 0.717) is 34.9 Å². The molecule has 2 atom stereocenters. The highest BCUT2D eigenvalue weighted by Crippen LogP contribution is 2.43. The van der Waals surface area contributed by atoms with Gasteiger partial charge in [-0.15, -0.1) is 0 Å². The molecule has 2 N–H and O–H groups in total. The van der Waals surface area contributed by atoms with Gasteiger partial charge in [0, 0.05) is 11.6 Å². The van der Waals surface area contributed by atoms with Gasteiger partial charge in [-0.25, -0.2) is 0 Å². The number of unbranched alkanes of at least 4 members (excludes halogenated alkanes) is 4. The van der Waals surface area contributed by atoms with Gasteiger partial charge in [0.2, 0.25) is 0 Å². The van der Waals surface area contributed by atoms with Crippen molar-refractivity contribution >= 4 is 11.5 Å². The third kappa shape index (κ3) is 5.99. The van der Waals surface area contributed by atoms with Crippen LogP contribution in [0.25, 0.3) is 0 Å². The molecule has 0 spiro atoms. The van der Waals surface area contributed by atoms with Gasteiger partial charge in [-0.1, -0.05) is 46.0 Å². The summed E-state index contributed by atoms with van der Waals surface area (Å²) < 4.78 is 17.2. The molecular formula is C27H37NO5. The monoisotopic (exact) mass is 455 g/mol. The Morgan fingerprint density at radius 1 is 0.909 bits per heavy atom. The predicted octanol–water partition coefficient (Wildman–Crippen LogP) is 6.35. The molecule has 0 saturated carbocycles. The number of aliphatic hydroxyl groups is 1. The molecule has 3 rings (SSSR count). The van der Waals surface area contributed by atoms with Crippen molar-refractivity contribution in [3.8, 4) is 23.0 Å². The third-order valence-corrected chi connectivity index (χ3v) is 6.24. The van der Waals surface area contributed by atoms with E-state index in [1.54, 1.807) is 26.4 Å². The number of nitrogens with one attached hydrogen (secondary N) is 1. The lowest BCUT2D eigenvalue weighted by atomic mass is 9.86. The number of hydrogen-bond acceptors (Lipinski definition) is 6. The molecule has 0 bridgehead atoms. The number of anilines is 1. The lowest BCUT2D eigenvalue weighted by Crippen LogP contribution is -2.39. The van der Waals surface area contributed by atoms with Gasteiger partial charge in [-0.05, 0) is 49.1 Å². The molecule has 2 aromatic carbocycles. The van der Waals surface area contributed by atoms with Crippen molar-refractivity contribution in [3.05, 3.63) is 41.5 Å². The quantitative estimate of drug-likeness (QED) is 0.363. The van der Waals surface area contributed by atoms with Gasteiger partial charge < -0.3 is 24.6 Å². The Morgan fingerprint density at radius 2 is 1.64 bits per heavy atom. The first-order chi connectivity index (χ1) is 16.0. The summed E-state index contributed by atoms with van der Waals surface area (Å²) in [6.07, 6.45) is 6.88. The summed E-state index contributed by atoms with van der Waals surface area (Å²) in [5, 5.41) is 13.9. The summed E-state index contributed by atoms with van der Waals surface area (Å²) >= 11 is 0. The molecule has 0 fully saturated rings. The SMILES string of the molecule is CCCCCc1cc(OC)ccc1Oc1cc(OC)cc2c1NC(O)C(CCCCC)C2=O. The molecule has 0 aliphatic carbocycles. The van der Waals surface area contributed by atoms with Gasteiger partial charge in [-0.3, -0.25) is 4.79 Å². The van der Waals surface area contributed by atoms with E-state index in [1.807, 2.05) is 18.2 Å². The Hall–Kier alpha value is -2.73. The van der Waals surface area contributed by atoms with Crippen LogP contribution in [0.4, 0.5) is 5.69 Å². The molecule has 33 heavy (non-hydrogen) atoms. The highest BCUT2D eigenvalue weighted by atomic mass is 16.5. The number of fused-ring (bicyclic) bond motifs is 1. The lowest BCUT2D eigenvalue weighted by Gasteiger charge is -2.31. The summed E-state index contributed by atoms with van der Waals surface area (Å²) in [5.74, 6) is 1.94. The zero-order valence-electron chi connectivity index (χ0n) is 20.3. The molecule has 6 heteroatoms. The Labute approximate surface area is 197 Å². The van der Waals surface area contributed by atoms with Crippen molar-refractivity contribution < 1.29 is 24.1 Å². The lowest BCUT2D eigenvalue weighted by molar-refractivity contribution is 0.0699. The average molecular weight is 456 g/mol. The summed E-state index contributed by atoms with van der Waals surface area (Å²) in [5.41, 5.74) is 2.05. The zero-order chi connectivity index (χ0) is 23.8. The van der Waals surface area contributed by atoms with E-state index in [2.05, 4.69) is 19.2 Å². The molecule has 1 aliphatic rings. The number of aliphatic hydroxyl groups excluding tert-OH is 1. The minimum atomic E-state index is -0.947. The van der Waals surface area contributed by atoms with Crippen LogP contribution in [0.1, 0.15) is 74.7 Å². The topological polar surface area (TPSA) is 77.0 Å². The van der Waals surface area contributed by atoms with E-state index in [1.165, 1.54) is 0 Å². The third-order valence-electron chi connectivity index (χ3n) is 6.24. The van der Waals surface area contributed by atoms with Gasteiger partial charge in [-0.2, -0.15) is 0 Å². The Balaban J connectivity index is 1.95. The first kappa shape index (κ1) is 24.9. The number of ether oxygens (including phenoxy) is 3. The Morgan fingerprint density at radius 3 is 2.33 bits per heavy atom. The fraction of sp³-hybridized carbons (Fsp3) is 0.519. The number of aryl methyl sites for hydroxylation is 1. The zero-order valence-corrected chi connectivity index (χ0v) is 20.3. The largest absolute Gasteiger partial charge is 0.497 e. The molecule has 0 radical (unpaired) electrons. The first-order valence-electron chi connectivity index (χ1n) is 12.1. The van der Waals surface area contributed by atoms with Crippen LogP contribution in [0, 0.1) is 5.92 Å². The molecule has 0 saturated heterocycles. The summed E-state index contributed by atoms with van der Waals surface area (Å²) in [7, 11) is 3.22. The van der Waals surface area contributed by atoms with E-state index in [-0.39, 0.29) is 5.78 Å². The standard InChI is InChI=1S/C27H37NO5/c1-5-7-9-11-18-15-19(31-3)13-14-23(18)33-24-17-20(32-4)16-22-25(24)28-27(30)21(26(22)29)12-10-8-6-2/h13-17,21,27-28,30H,5-12H2,1-4H3. The fourth-order valence-electron chi connectivity index (χ4n) is 4.29. The maximum Gasteiger partial charge on any atom is 0.172 e. The number of benzene rings is 2. The number of ketones is 1. The van der Waals surface area contributed by atoms with Crippen molar-refractivity contribution in [1.82, 2.24) is 0 Å². The maximum absolute atomic E-state index is 13.3. The van der Waals surface area contributed by atoms with Crippen LogP contribution in [0.2, 0.25) is 0 Å². The molecule has 2 unspecified atom stereocenters. The minimum Gasteiger partial charge on any atom is -0.497 e. The van der Waals surface area contributed by atoms with E-state index in [9.17, 15) is 9.90 Å².